The van der Waals surface area contributed by atoms with E-state index in [1.807, 2.05) is 0 Å². The Bertz CT molecular complexity index is 1430. The third kappa shape index (κ3) is 3.61. The molecule has 2 aromatic heterocycles. The number of thiazole rings is 1. The van der Waals surface area contributed by atoms with Gasteiger partial charge in [-0.15, -0.1) is 5.10 Å². The molecule has 2 aromatic carbocycles. The molecule has 1 atom stereocenters. The van der Waals surface area contributed by atoms with Gasteiger partial charge in [-0.3, -0.25) is 9.59 Å². The molecule has 0 saturated heterocycles. The second kappa shape index (κ2) is 7.01. The third-order valence-electron chi connectivity index (χ3n) is 4.36. The van der Waals surface area contributed by atoms with Crippen molar-refractivity contribution >= 4 is 53.3 Å². The Balaban J connectivity index is 1.62. The first kappa shape index (κ1) is 19.2. The van der Waals surface area contributed by atoms with Crippen LogP contribution in [0.2, 0.25) is 0 Å². The highest BCUT2D eigenvalue weighted by atomic mass is 32.2. The Morgan fingerprint density at radius 2 is 1.93 bits per heavy atom. The lowest BCUT2D eigenvalue weighted by molar-refractivity contribution is -0.119. The zero-order valence-electron chi connectivity index (χ0n) is 15.4. The molecule has 2 heterocycles. The van der Waals surface area contributed by atoms with Crippen LogP contribution in [0.5, 0.6) is 0 Å². The number of carbonyl (C=O) groups excluding carboxylic acids is 1. The van der Waals surface area contributed by atoms with E-state index in [0.717, 1.165) is 22.3 Å². The minimum atomic E-state index is -3.34. The van der Waals surface area contributed by atoms with E-state index in [0.29, 0.717) is 26.3 Å². The lowest BCUT2D eigenvalue weighted by Crippen LogP contribution is -2.34. The van der Waals surface area contributed by atoms with E-state index in [2.05, 4.69) is 20.6 Å². The van der Waals surface area contributed by atoms with E-state index in [9.17, 15) is 18.0 Å². The highest BCUT2D eigenvalue weighted by Gasteiger charge is 2.21. The number of sulfone groups is 1. The molecule has 0 saturated carbocycles. The van der Waals surface area contributed by atoms with Crippen LogP contribution in [0.15, 0.2) is 52.2 Å². The monoisotopic (exact) mass is 429 g/mol. The summed E-state index contributed by atoms with van der Waals surface area (Å²) >= 11 is 1.14. The van der Waals surface area contributed by atoms with Gasteiger partial charge in [0.2, 0.25) is 0 Å². The number of anilines is 1. The second-order valence-corrected chi connectivity index (χ2v) is 9.49. The third-order valence-corrected chi connectivity index (χ3v) is 6.40. The van der Waals surface area contributed by atoms with Crippen molar-refractivity contribution < 1.29 is 13.2 Å². The maximum atomic E-state index is 12.6. The molecular formula is C18H15N5O4S2. The van der Waals surface area contributed by atoms with Crippen LogP contribution in [0.1, 0.15) is 13.0 Å². The minimum Gasteiger partial charge on any atom is -0.300 e. The smallest absolute Gasteiger partial charge is 0.278 e. The van der Waals surface area contributed by atoms with Crippen molar-refractivity contribution in [3.63, 3.8) is 0 Å². The fourth-order valence-electron chi connectivity index (χ4n) is 2.77. The molecule has 1 amide bonds. The molecule has 0 fully saturated rings. The SMILES string of the molecule is C[C@H](C(=O)Nc1nc2ccc(S(C)(=O)=O)cc2s1)n1nnc2ccccc2c1=O. The van der Waals surface area contributed by atoms with Crippen molar-refractivity contribution in [2.45, 2.75) is 17.9 Å². The van der Waals surface area contributed by atoms with Crippen molar-refractivity contribution in [1.29, 1.82) is 0 Å². The van der Waals surface area contributed by atoms with Gasteiger partial charge < -0.3 is 5.32 Å². The Morgan fingerprint density at radius 3 is 2.69 bits per heavy atom. The number of aromatic nitrogens is 4. The second-order valence-electron chi connectivity index (χ2n) is 6.44. The van der Waals surface area contributed by atoms with Crippen molar-refractivity contribution in [1.82, 2.24) is 20.0 Å². The van der Waals surface area contributed by atoms with Gasteiger partial charge in [-0.25, -0.2) is 13.4 Å². The Labute approximate surface area is 168 Å². The average Bonchev–Trinajstić information content (AvgIpc) is 3.08. The molecule has 0 unspecified atom stereocenters. The molecule has 4 rings (SSSR count). The van der Waals surface area contributed by atoms with Gasteiger partial charge in [0.25, 0.3) is 11.5 Å². The molecule has 148 valence electrons. The summed E-state index contributed by atoms with van der Waals surface area (Å²) in [5.74, 6) is -0.487. The summed E-state index contributed by atoms with van der Waals surface area (Å²) in [6.07, 6.45) is 1.13. The summed E-state index contributed by atoms with van der Waals surface area (Å²) in [5, 5.41) is 11.2. The van der Waals surface area contributed by atoms with Crippen LogP contribution in [0.3, 0.4) is 0 Å². The maximum absolute atomic E-state index is 12.6. The predicted molar refractivity (Wildman–Crippen MR) is 110 cm³/mol. The number of benzene rings is 2. The first-order chi connectivity index (χ1) is 13.7. The highest BCUT2D eigenvalue weighted by molar-refractivity contribution is 7.90. The number of nitrogens with zero attached hydrogens (tertiary/aromatic N) is 4. The molecule has 11 heteroatoms. The van der Waals surface area contributed by atoms with E-state index < -0.39 is 27.3 Å². The van der Waals surface area contributed by atoms with Crippen molar-refractivity contribution in [2.24, 2.45) is 0 Å². The first-order valence-corrected chi connectivity index (χ1v) is 11.2. The molecule has 9 nitrogen and oxygen atoms in total. The number of carbonyl (C=O) groups is 1. The van der Waals surface area contributed by atoms with E-state index in [1.54, 1.807) is 30.3 Å². The maximum Gasteiger partial charge on any atom is 0.278 e. The molecular weight excluding hydrogens is 414 g/mol. The molecule has 29 heavy (non-hydrogen) atoms. The molecule has 1 N–H and O–H groups in total. The summed E-state index contributed by atoms with van der Waals surface area (Å²) in [4.78, 5) is 29.7. The first-order valence-electron chi connectivity index (χ1n) is 8.50. The molecule has 0 aliphatic heterocycles. The number of fused-ring (bicyclic) bond motifs is 2. The lowest BCUT2D eigenvalue weighted by atomic mass is 10.2. The van der Waals surface area contributed by atoms with Crippen LogP contribution in [-0.2, 0) is 14.6 Å². The van der Waals surface area contributed by atoms with Gasteiger partial charge in [0.1, 0.15) is 11.6 Å². The molecule has 0 spiro atoms. The number of hydrogen-bond donors (Lipinski definition) is 1. The van der Waals surface area contributed by atoms with E-state index in [1.165, 1.54) is 19.1 Å². The summed E-state index contributed by atoms with van der Waals surface area (Å²) in [6, 6.07) is 10.4. The van der Waals surface area contributed by atoms with Crippen LogP contribution < -0.4 is 10.9 Å². The minimum absolute atomic E-state index is 0.179. The van der Waals surface area contributed by atoms with Crippen LogP contribution in [-0.4, -0.2) is 40.6 Å². The summed E-state index contributed by atoms with van der Waals surface area (Å²) in [7, 11) is -3.34. The van der Waals surface area contributed by atoms with E-state index >= 15 is 0 Å². The summed E-state index contributed by atoms with van der Waals surface area (Å²) in [6.45, 7) is 1.54. The van der Waals surface area contributed by atoms with E-state index in [-0.39, 0.29) is 4.90 Å². The Kier molecular flexibility index (Phi) is 4.63. The fourth-order valence-corrected chi connectivity index (χ4v) is 4.40. The molecule has 0 radical (unpaired) electrons. The van der Waals surface area contributed by atoms with Gasteiger partial charge in [0, 0.05) is 6.26 Å². The van der Waals surface area contributed by atoms with Gasteiger partial charge in [-0.2, -0.15) is 4.68 Å². The van der Waals surface area contributed by atoms with Gasteiger partial charge in [-0.05, 0) is 37.3 Å². The molecule has 0 bridgehead atoms. The van der Waals surface area contributed by atoms with Crippen molar-refractivity contribution in [3.8, 4) is 0 Å². The van der Waals surface area contributed by atoms with Gasteiger partial charge >= 0.3 is 0 Å². The van der Waals surface area contributed by atoms with Crippen LogP contribution >= 0.6 is 11.3 Å². The predicted octanol–water partition coefficient (Wildman–Crippen LogP) is 2.00. The topological polar surface area (TPSA) is 124 Å². The molecule has 0 aliphatic carbocycles. The Hall–Kier alpha value is -3.18. The zero-order valence-corrected chi connectivity index (χ0v) is 17.0. The quantitative estimate of drug-likeness (QED) is 0.526. The van der Waals surface area contributed by atoms with Crippen molar-refractivity contribution in [3.05, 3.63) is 52.8 Å². The molecule has 0 aliphatic rings. The Morgan fingerprint density at radius 1 is 1.17 bits per heavy atom. The van der Waals surface area contributed by atoms with Gasteiger partial charge in [0.15, 0.2) is 15.0 Å². The van der Waals surface area contributed by atoms with Crippen molar-refractivity contribution in [2.75, 3.05) is 11.6 Å². The molecule has 4 aromatic rings. The van der Waals surface area contributed by atoms with Gasteiger partial charge in [0.05, 0.1) is 20.5 Å². The number of hydrogen-bond acceptors (Lipinski definition) is 8. The van der Waals surface area contributed by atoms with Gasteiger partial charge in [-0.1, -0.05) is 28.7 Å². The van der Waals surface area contributed by atoms with Crippen LogP contribution in [0.25, 0.3) is 21.1 Å². The number of amides is 1. The van der Waals surface area contributed by atoms with Crippen LogP contribution in [0.4, 0.5) is 5.13 Å². The largest absolute Gasteiger partial charge is 0.300 e. The fraction of sp³-hybridized carbons (Fsp3) is 0.167. The van der Waals surface area contributed by atoms with Crippen LogP contribution in [0, 0.1) is 0 Å². The lowest BCUT2D eigenvalue weighted by Gasteiger charge is -2.12. The summed E-state index contributed by atoms with van der Waals surface area (Å²) in [5.41, 5.74) is 0.600. The number of rotatable bonds is 4. The normalized spacial score (nSPS) is 12.9. The average molecular weight is 429 g/mol. The highest BCUT2D eigenvalue weighted by Crippen LogP contribution is 2.28. The zero-order chi connectivity index (χ0) is 20.8. The number of nitrogens with one attached hydrogen (secondary N) is 1. The van der Waals surface area contributed by atoms with E-state index in [4.69, 9.17) is 0 Å². The summed E-state index contributed by atoms with van der Waals surface area (Å²) < 4.78 is 25.0. The standard InChI is InChI=1S/C18H15N5O4S2/c1-10(23-17(25)12-5-3-4-6-13(12)21-22-23)16(24)20-18-19-14-8-7-11(29(2,26)27)9-15(14)28-18/h3-10H,1-2H3,(H,19,20,24)/t10-/m1/s1.